The van der Waals surface area contributed by atoms with E-state index in [4.69, 9.17) is 9.47 Å². The first-order chi connectivity index (χ1) is 17.8. The average Bonchev–Trinajstić information content (AvgIpc) is 3.33. The summed E-state index contributed by atoms with van der Waals surface area (Å²) in [7, 11) is 0. The van der Waals surface area contributed by atoms with E-state index in [1.165, 1.54) is 11.3 Å². The van der Waals surface area contributed by atoms with Crippen LogP contribution in [0, 0.1) is 0 Å². The molecule has 1 aromatic heterocycles. The third kappa shape index (κ3) is 10.2. The first-order valence-electron chi connectivity index (χ1n) is 12.9. The van der Waals surface area contributed by atoms with Crippen molar-refractivity contribution in [3.63, 3.8) is 0 Å². The number of thiophene rings is 1. The molecule has 2 N–H and O–H groups in total. The fourth-order valence-corrected chi connectivity index (χ4v) is 4.26. The van der Waals surface area contributed by atoms with E-state index in [2.05, 4.69) is 10.6 Å². The van der Waals surface area contributed by atoms with Gasteiger partial charge in [-0.3, -0.25) is 4.79 Å². The monoisotopic (exact) mass is 543 g/mol. The van der Waals surface area contributed by atoms with E-state index >= 15 is 0 Å². The van der Waals surface area contributed by atoms with Crippen LogP contribution in [0.3, 0.4) is 0 Å². The summed E-state index contributed by atoms with van der Waals surface area (Å²) >= 11 is 1.38. The van der Waals surface area contributed by atoms with Crippen molar-refractivity contribution in [2.45, 2.75) is 79.6 Å². The first kappa shape index (κ1) is 30.9. The standard InChI is InChI=1S/C27H35N3O5S.C2H6/c1-26(2,3)34-24(32)28-16-18-7-9-21(10-8-18)29-23(31)22-15-20(17-36-22)19-11-13-30(14-12-19)25(33)35-27(4,5)6;1-2/h7-11,15,17H,12-14,16H2,1-6H3,(H,28,32)(H,29,31);1-2H3. The van der Waals surface area contributed by atoms with Crippen LogP contribution >= 0.6 is 11.3 Å². The summed E-state index contributed by atoms with van der Waals surface area (Å²) in [6.45, 7) is 16.4. The van der Waals surface area contributed by atoms with E-state index in [0.29, 0.717) is 36.6 Å². The van der Waals surface area contributed by atoms with Crippen LogP contribution in [0.1, 0.15) is 82.6 Å². The lowest BCUT2D eigenvalue weighted by Gasteiger charge is -2.29. The minimum Gasteiger partial charge on any atom is -0.444 e. The summed E-state index contributed by atoms with van der Waals surface area (Å²) in [6.07, 6.45) is 1.94. The lowest BCUT2D eigenvalue weighted by Crippen LogP contribution is -2.39. The Bertz CT molecular complexity index is 1120. The molecule has 1 aliphatic rings. The van der Waals surface area contributed by atoms with Crippen molar-refractivity contribution in [3.8, 4) is 0 Å². The second kappa shape index (κ2) is 13.5. The summed E-state index contributed by atoms with van der Waals surface area (Å²) in [5, 5.41) is 7.59. The highest BCUT2D eigenvalue weighted by Gasteiger charge is 2.24. The predicted molar refractivity (Wildman–Crippen MR) is 154 cm³/mol. The Morgan fingerprint density at radius 1 is 0.974 bits per heavy atom. The van der Waals surface area contributed by atoms with Gasteiger partial charge in [-0.1, -0.05) is 32.1 Å². The van der Waals surface area contributed by atoms with Crippen LogP contribution in [-0.4, -0.2) is 47.3 Å². The minimum atomic E-state index is -0.548. The van der Waals surface area contributed by atoms with Crippen molar-refractivity contribution in [3.05, 3.63) is 57.8 Å². The molecule has 1 aromatic carbocycles. The predicted octanol–water partition coefficient (Wildman–Crippen LogP) is 7.08. The molecule has 1 aliphatic heterocycles. The van der Waals surface area contributed by atoms with Crippen molar-refractivity contribution in [1.29, 1.82) is 0 Å². The number of nitrogens with one attached hydrogen (secondary N) is 2. The maximum Gasteiger partial charge on any atom is 0.410 e. The fourth-order valence-electron chi connectivity index (χ4n) is 3.43. The zero-order chi connectivity index (χ0) is 28.5. The van der Waals surface area contributed by atoms with Crippen LogP contribution in [0.15, 0.2) is 41.8 Å². The van der Waals surface area contributed by atoms with Gasteiger partial charge in [0, 0.05) is 25.3 Å². The Morgan fingerprint density at radius 2 is 1.61 bits per heavy atom. The summed E-state index contributed by atoms with van der Waals surface area (Å²) < 4.78 is 10.7. The molecule has 0 saturated heterocycles. The van der Waals surface area contributed by atoms with E-state index < -0.39 is 17.3 Å². The van der Waals surface area contributed by atoms with Gasteiger partial charge in [0.05, 0.1) is 4.88 Å². The maximum absolute atomic E-state index is 12.8. The fraction of sp³-hybridized carbons (Fsp3) is 0.483. The summed E-state index contributed by atoms with van der Waals surface area (Å²) in [5.41, 5.74) is 2.61. The normalized spacial score (nSPS) is 13.5. The van der Waals surface area contributed by atoms with E-state index in [1.54, 1.807) is 17.0 Å². The van der Waals surface area contributed by atoms with E-state index in [-0.39, 0.29) is 12.0 Å². The van der Waals surface area contributed by atoms with Gasteiger partial charge in [0.1, 0.15) is 11.2 Å². The van der Waals surface area contributed by atoms with Gasteiger partial charge < -0.3 is 25.0 Å². The van der Waals surface area contributed by atoms with E-state index in [9.17, 15) is 14.4 Å². The smallest absolute Gasteiger partial charge is 0.410 e. The quantitative estimate of drug-likeness (QED) is 0.420. The largest absolute Gasteiger partial charge is 0.444 e. The second-order valence-corrected chi connectivity index (χ2v) is 11.5. The van der Waals surface area contributed by atoms with Crippen molar-refractivity contribution in [1.82, 2.24) is 10.2 Å². The molecule has 8 nitrogen and oxygen atoms in total. The molecule has 208 valence electrons. The molecule has 3 rings (SSSR count). The molecular weight excluding hydrogens is 502 g/mol. The third-order valence-corrected chi connectivity index (χ3v) is 6.03. The Labute approximate surface area is 230 Å². The Hall–Kier alpha value is -3.33. The van der Waals surface area contributed by atoms with Gasteiger partial charge in [0.25, 0.3) is 5.91 Å². The number of carbonyl (C=O) groups excluding carboxylic acids is 3. The van der Waals surface area contributed by atoms with Crippen molar-refractivity contribution >= 4 is 40.7 Å². The van der Waals surface area contributed by atoms with Gasteiger partial charge in [0.2, 0.25) is 0 Å². The number of carbonyl (C=O) groups is 3. The number of amides is 3. The number of hydrogen-bond donors (Lipinski definition) is 2. The molecule has 2 heterocycles. The molecule has 0 unspecified atom stereocenters. The van der Waals surface area contributed by atoms with Crippen LogP contribution < -0.4 is 10.6 Å². The van der Waals surface area contributed by atoms with Crippen molar-refractivity contribution < 1.29 is 23.9 Å². The van der Waals surface area contributed by atoms with Crippen LogP contribution in [0.25, 0.3) is 5.57 Å². The third-order valence-electron chi connectivity index (χ3n) is 5.10. The molecule has 0 saturated carbocycles. The first-order valence-corrected chi connectivity index (χ1v) is 13.8. The molecule has 0 aliphatic carbocycles. The lowest BCUT2D eigenvalue weighted by atomic mass is 10.0. The number of benzene rings is 1. The highest BCUT2D eigenvalue weighted by Crippen LogP contribution is 2.28. The van der Waals surface area contributed by atoms with Gasteiger partial charge in [-0.25, -0.2) is 9.59 Å². The summed E-state index contributed by atoms with van der Waals surface area (Å²) in [5.74, 6) is -0.183. The molecule has 0 spiro atoms. The number of rotatable bonds is 5. The molecule has 0 bridgehead atoms. The van der Waals surface area contributed by atoms with Gasteiger partial charge in [-0.05, 0) is 88.2 Å². The van der Waals surface area contributed by atoms with Gasteiger partial charge >= 0.3 is 12.2 Å². The van der Waals surface area contributed by atoms with Crippen LogP contribution in [0.5, 0.6) is 0 Å². The molecule has 3 amide bonds. The van der Waals surface area contributed by atoms with Crippen LogP contribution in [0.2, 0.25) is 0 Å². The molecule has 9 heteroatoms. The van der Waals surface area contributed by atoms with Crippen LogP contribution in [0.4, 0.5) is 15.3 Å². The summed E-state index contributed by atoms with van der Waals surface area (Å²) in [4.78, 5) is 39.1. The number of ether oxygens (including phenoxy) is 2. The van der Waals surface area contributed by atoms with Gasteiger partial charge in [-0.2, -0.15) is 0 Å². The number of anilines is 1. The van der Waals surface area contributed by atoms with Gasteiger partial charge in [0.15, 0.2) is 0 Å². The topological polar surface area (TPSA) is 97.0 Å². The van der Waals surface area contributed by atoms with E-state index in [0.717, 1.165) is 16.7 Å². The Balaban J connectivity index is 0.00000247. The molecular formula is C29H41N3O5S. The molecule has 0 fully saturated rings. The SMILES string of the molecule is CC.CC(C)(C)OC(=O)NCc1ccc(NC(=O)c2cc(C3=CCN(C(=O)OC(C)(C)C)CC3)cs2)cc1. The molecule has 2 aromatic rings. The number of alkyl carbamates (subject to hydrolysis) is 1. The zero-order valence-corrected chi connectivity index (χ0v) is 24.6. The molecule has 0 atom stereocenters. The minimum absolute atomic E-state index is 0.183. The molecule has 0 radical (unpaired) electrons. The van der Waals surface area contributed by atoms with Gasteiger partial charge in [-0.15, -0.1) is 11.3 Å². The van der Waals surface area contributed by atoms with Crippen molar-refractivity contribution in [2.75, 3.05) is 18.4 Å². The highest BCUT2D eigenvalue weighted by atomic mass is 32.1. The number of hydrogen-bond acceptors (Lipinski definition) is 6. The zero-order valence-electron chi connectivity index (χ0n) is 23.8. The second-order valence-electron chi connectivity index (χ2n) is 10.6. The summed E-state index contributed by atoms with van der Waals surface area (Å²) in [6, 6.07) is 9.17. The lowest BCUT2D eigenvalue weighted by molar-refractivity contribution is 0.0270. The number of nitrogens with zero attached hydrogens (tertiary/aromatic N) is 1. The highest BCUT2D eigenvalue weighted by molar-refractivity contribution is 7.12. The Morgan fingerprint density at radius 3 is 2.16 bits per heavy atom. The Kier molecular flexibility index (Phi) is 10.9. The average molecular weight is 544 g/mol. The van der Waals surface area contributed by atoms with Crippen LogP contribution in [-0.2, 0) is 16.0 Å². The molecule has 38 heavy (non-hydrogen) atoms. The van der Waals surface area contributed by atoms with Crippen molar-refractivity contribution in [2.24, 2.45) is 0 Å². The van der Waals surface area contributed by atoms with E-state index in [1.807, 2.05) is 85.0 Å². The maximum atomic E-state index is 12.8.